The van der Waals surface area contributed by atoms with Gasteiger partial charge in [0.25, 0.3) is 0 Å². The highest BCUT2D eigenvalue weighted by Crippen LogP contribution is 2.34. The second-order valence-electron chi connectivity index (χ2n) is 7.62. The molecule has 156 valence electrons. The van der Waals surface area contributed by atoms with Crippen molar-refractivity contribution in [2.24, 2.45) is 0 Å². The average molecular weight is 453 g/mol. The van der Waals surface area contributed by atoms with Crippen LogP contribution in [0, 0.1) is 13.8 Å². The van der Waals surface area contributed by atoms with Gasteiger partial charge in [0, 0.05) is 17.8 Å². The lowest BCUT2D eigenvalue weighted by atomic mass is 10.1. The van der Waals surface area contributed by atoms with Gasteiger partial charge >= 0.3 is 0 Å². The van der Waals surface area contributed by atoms with Crippen LogP contribution in [0.5, 0.6) is 0 Å². The number of benzene rings is 1. The molecule has 1 N–H and O–H groups in total. The van der Waals surface area contributed by atoms with Gasteiger partial charge in [-0.25, -0.2) is 8.42 Å². The van der Waals surface area contributed by atoms with Gasteiger partial charge in [-0.15, -0.1) is 10.2 Å². The Morgan fingerprint density at radius 3 is 2.72 bits per heavy atom. The molecule has 1 aliphatic carbocycles. The Kier molecular flexibility index (Phi) is 5.85. The van der Waals surface area contributed by atoms with Crippen molar-refractivity contribution >= 4 is 49.7 Å². The van der Waals surface area contributed by atoms with E-state index in [1.807, 2.05) is 17.0 Å². The quantitative estimate of drug-likeness (QED) is 0.645. The summed E-state index contributed by atoms with van der Waals surface area (Å²) in [7, 11) is -3.01. The largest absolute Gasteiger partial charge is 0.335 e. The Bertz CT molecular complexity index is 1020. The van der Waals surface area contributed by atoms with Crippen LogP contribution in [0.1, 0.15) is 30.4 Å². The highest BCUT2D eigenvalue weighted by atomic mass is 32.2. The number of sulfone groups is 1. The van der Waals surface area contributed by atoms with E-state index in [0.29, 0.717) is 11.6 Å². The maximum atomic E-state index is 12.8. The summed E-state index contributed by atoms with van der Waals surface area (Å²) in [5.74, 6) is 0.539. The van der Waals surface area contributed by atoms with Crippen molar-refractivity contribution < 1.29 is 13.2 Å². The molecular formula is C19H24N4O3S3. The molecule has 1 aliphatic heterocycles. The molecule has 2 aliphatic rings. The van der Waals surface area contributed by atoms with Crippen molar-refractivity contribution in [3.8, 4) is 0 Å². The van der Waals surface area contributed by atoms with Crippen LogP contribution in [0.2, 0.25) is 0 Å². The van der Waals surface area contributed by atoms with E-state index in [1.54, 1.807) is 0 Å². The van der Waals surface area contributed by atoms with Crippen LogP contribution >= 0.6 is 23.1 Å². The van der Waals surface area contributed by atoms with Crippen LogP contribution in [-0.2, 0) is 14.6 Å². The normalized spacial score (nSPS) is 20.6. The number of anilines is 2. The summed E-state index contributed by atoms with van der Waals surface area (Å²) in [6, 6.07) is 6.10. The topological polar surface area (TPSA) is 92.3 Å². The molecule has 1 aromatic carbocycles. The third-order valence-corrected chi connectivity index (χ3v) is 9.11. The van der Waals surface area contributed by atoms with Crippen molar-refractivity contribution in [1.29, 1.82) is 0 Å². The minimum atomic E-state index is -3.01. The number of rotatable bonds is 7. The Morgan fingerprint density at radius 2 is 2.03 bits per heavy atom. The molecule has 0 spiro atoms. The van der Waals surface area contributed by atoms with E-state index in [2.05, 4.69) is 35.4 Å². The number of carbonyl (C=O) groups is 1. The summed E-state index contributed by atoms with van der Waals surface area (Å²) < 4.78 is 24.4. The fourth-order valence-corrected chi connectivity index (χ4v) is 6.92. The lowest BCUT2D eigenvalue weighted by Crippen LogP contribution is -2.43. The smallest absolute Gasteiger partial charge is 0.233 e. The predicted octanol–water partition coefficient (Wildman–Crippen LogP) is 3.17. The van der Waals surface area contributed by atoms with Crippen LogP contribution in [0.4, 0.5) is 10.8 Å². The SMILES string of the molecule is Cc1cccc(Nc2nnc(SCC(=O)N(C3CC3)[C@@H]3CCS(=O)(=O)C3)s2)c1C. The number of nitrogens with zero attached hydrogens (tertiary/aromatic N) is 3. The average Bonchev–Trinajstić information content (AvgIpc) is 3.29. The molecule has 10 heteroatoms. The molecule has 4 rings (SSSR count). The zero-order valence-corrected chi connectivity index (χ0v) is 18.9. The molecule has 2 aromatic rings. The lowest BCUT2D eigenvalue weighted by molar-refractivity contribution is -0.130. The molecule has 7 nitrogen and oxygen atoms in total. The zero-order chi connectivity index (χ0) is 20.6. The van der Waals surface area contributed by atoms with E-state index in [-0.39, 0.29) is 35.2 Å². The Morgan fingerprint density at radius 1 is 1.24 bits per heavy atom. The maximum Gasteiger partial charge on any atom is 0.233 e. The first-order chi connectivity index (χ1) is 13.8. The molecule has 0 bridgehead atoms. The van der Waals surface area contributed by atoms with Gasteiger partial charge in [-0.1, -0.05) is 35.2 Å². The molecule has 1 saturated carbocycles. The third-order valence-electron chi connectivity index (χ3n) is 5.40. The molecule has 1 amide bonds. The summed E-state index contributed by atoms with van der Waals surface area (Å²) in [6.07, 6.45) is 2.49. The van der Waals surface area contributed by atoms with Crippen LogP contribution in [0.15, 0.2) is 22.5 Å². The van der Waals surface area contributed by atoms with Gasteiger partial charge < -0.3 is 10.2 Å². The first-order valence-corrected chi connectivity index (χ1v) is 13.3. The molecule has 1 atom stereocenters. The van der Waals surface area contributed by atoms with Gasteiger partial charge in [-0.05, 0) is 50.3 Å². The number of hydrogen-bond donors (Lipinski definition) is 1. The minimum absolute atomic E-state index is 0.00108. The van der Waals surface area contributed by atoms with Gasteiger partial charge in [0.1, 0.15) is 0 Å². The summed E-state index contributed by atoms with van der Waals surface area (Å²) in [5.41, 5.74) is 3.36. The molecule has 1 aromatic heterocycles. The molecule has 1 saturated heterocycles. The van der Waals surface area contributed by atoms with Crippen LogP contribution in [0.25, 0.3) is 0 Å². The van der Waals surface area contributed by atoms with Crippen LogP contribution in [0.3, 0.4) is 0 Å². The second-order valence-corrected chi connectivity index (χ2v) is 12.1. The number of thioether (sulfide) groups is 1. The lowest BCUT2D eigenvalue weighted by Gasteiger charge is -2.28. The third kappa shape index (κ3) is 4.92. The van der Waals surface area contributed by atoms with Gasteiger partial charge in [-0.3, -0.25) is 4.79 Å². The molecule has 29 heavy (non-hydrogen) atoms. The van der Waals surface area contributed by atoms with Gasteiger partial charge in [0.2, 0.25) is 11.0 Å². The number of amides is 1. The number of nitrogens with one attached hydrogen (secondary N) is 1. The molecule has 2 heterocycles. The first-order valence-electron chi connectivity index (χ1n) is 9.63. The van der Waals surface area contributed by atoms with Gasteiger partial charge in [-0.2, -0.15) is 0 Å². The van der Waals surface area contributed by atoms with E-state index < -0.39 is 9.84 Å². The summed E-state index contributed by atoms with van der Waals surface area (Å²) in [5, 5.41) is 12.3. The van der Waals surface area contributed by atoms with E-state index >= 15 is 0 Å². The molecule has 2 fully saturated rings. The Hall–Kier alpha value is -1.65. The van der Waals surface area contributed by atoms with Crippen molar-refractivity contribution in [2.75, 3.05) is 22.6 Å². The molecular weight excluding hydrogens is 428 g/mol. The second kappa shape index (κ2) is 8.23. The number of aryl methyl sites for hydroxylation is 1. The maximum absolute atomic E-state index is 12.8. The Balaban J connectivity index is 1.36. The van der Waals surface area contributed by atoms with Crippen LogP contribution in [-0.4, -0.2) is 58.8 Å². The predicted molar refractivity (Wildman–Crippen MR) is 117 cm³/mol. The summed E-state index contributed by atoms with van der Waals surface area (Å²) in [4.78, 5) is 14.7. The fraction of sp³-hybridized carbons (Fsp3) is 0.526. The van der Waals surface area contributed by atoms with E-state index in [1.165, 1.54) is 34.2 Å². The van der Waals surface area contributed by atoms with Gasteiger partial charge in [0.05, 0.1) is 17.3 Å². The fourth-order valence-electron chi connectivity index (χ4n) is 3.57. The standard InChI is InChI=1S/C19H24N4O3S3/c1-12-4-3-5-16(13(12)2)20-18-21-22-19(28-18)27-10-17(24)23(14-6-7-14)15-8-9-29(25,26)11-15/h3-5,14-15H,6-11H2,1-2H3,(H,20,21)/t15-/m1/s1. The minimum Gasteiger partial charge on any atom is -0.335 e. The summed E-state index contributed by atoms with van der Waals surface area (Å²) >= 11 is 2.78. The van der Waals surface area contributed by atoms with Crippen molar-refractivity contribution in [3.05, 3.63) is 29.3 Å². The molecule has 0 radical (unpaired) electrons. The molecule has 0 unspecified atom stereocenters. The van der Waals surface area contributed by atoms with Crippen molar-refractivity contribution in [1.82, 2.24) is 15.1 Å². The Labute approximate surface area is 179 Å². The van der Waals surface area contributed by atoms with E-state index in [0.717, 1.165) is 22.9 Å². The number of aromatic nitrogens is 2. The first kappa shape index (κ1) is 20.6. The highest BCUT2D eigenvalue weighted by Gasteiger charge is 2.41. The van der Waals surface area contributed by atoms with Crippen molar-refractivity contribution in [2.45, 2.75) is 49.5 Å². The van der Waals surface area contributed by atoms with Crippen LogP contribution < -0.4 is 5.32 Å². The number of carbonyl (C=O) groups excluding carboxylic acids is 1. The van der Waals surface area contributed by atoms with E-state index in [4.69, 9.17) is 0 Å². The van der Waals surface area contributed by atoms with Gasteiger partial charge in [0.15, 0.2) is 14.2 Å². The summed E-state index contributed by atoms with van der Waals surface area (Å²) in [6.45, 7) is 4.12. The monoisotopic (exact) mass is 452 g/mol. The van der Waals surface area contributed by atoms with E-state index in [9.17, 15) is 13.2 Å². The number of hydrogen-bond acceptors (Lipinski definition) is 8. The van der Waals surface area contributed by atoms with Crippen molar-refractivity contribution in [3.63, 3.8) is 0 Å². The highest BCUT2D eigenvalue weighted by molar-refractivity contribution is 8.01. The zero-order valence-electron chi connectivity index (χ0n) is 16.4.